The van der Waals surface area contributed by atoms with Crippen molar-refractivity contribution in [3.63, 3.8) is 0 Å². The van der Waals surface area contributed by atoms with Gasteiger partial charge in [0.15, 0.2) is 0 Å². The summed E-state index contributed by atoms with van der Waals surface area (Å²) in [7, 11) is 4.05. The van der Waals surface area contributed by atoms with Gasteiger partial charge in [-0.3, -0.25) is 0 Å². The number of carbonyl (C=O) groups is 2. The van der Waals surface area contributed by atoms with Crippen LogP contribution in [0.3, 0.4) is 0 Å². The Kier molecular flexibility index (Phi) is 10.8. The lowest BCUT2D eigenvalue weighted by Crippen LogP contribution is -2.19. The van der Waals surface area contributed by atoms with Gasteiger partial charge in [-0.25, -0.2) is 9.59 Å². The number of hydrogen-bond donors (Lipinski definition) is 2. The molecule has 0 aliphatic heterocycles. The number of halogens is 1. The summed E-state index contributed by atoms with van der Waals surface area (Å²) in [6.07, 6.45) is 0. The highest BCUT2D eigenvalue weighted by atomic mass is 35.5. The summed E-state index contributed by atoms with van der Waals surface area (Å²) in [5.74, 6) is -2.81. The summed E-state index contributed by atoms with van der Waals surface area (Å²) in [5, 5.41) is 15.5. The molecule has 23 heavy (non-hydrogen) atoms. The Morgan fingerprint density at radius 2 is 1.74 bits per heavy atom. The van der Waals surface area contributed by atoms with Gasteiger partial charge >= 0.3 is 11.9 Å². The molecule has 0 aliphatic carbocycles. The van der Waals surface area contributed by atoms with Crippen LogP contribution < -0.4 is 4.74 Å². The molecule has 0 aromatic heterocycles. The average molecular weight is 348 g/mol. The van der Waals surface area contributed by atoms with Crippen molar-refractivity contribution in [3.05, 3.63) is 28.8 Å². The number of nitrogens with zero attached hydrogens (tertiary/aromatic N) is 1. The van der Waals surface area contributed by atoms with Crippen molar-refractivity contribution in [1.82, 2.24) is 4.90 Å². The molecular formula is C15H22ClNO6. The van der Waals surface area contributed by atoms with E-state index in [-0.39, 0.29) is 0 Å². The average Bonchev–Trinajstić information content (AvgIpc) is 2.46. The van der Waals surface area contributed by atoms with Crippen molar-refractivity contribution in [2.24, 2.45) is 0 Å². The zero-order valence-electron chi connectivity index (χ0n) is 13.4. The Hall–Kier alpha value is -1.83. The fourth-order valence-electron chi connectivity index (χ4n) is 1.27. The second-order valence-electron chi connectivity index (χ2n) is 4.79. The summed E-state index contributed by atoms with van der Waals surface area (Å²) >= 11 is 5.93. The molecule has 7 nitrogen and oxygen atoms in total. The van der Waals surface area contributed by atoms with Crippen LogP contribution in [0.4, 0.5) is 0 Å². The van der Waals surface area contributed by atoms with Gasteiger partial charge in [0.1, 0.15) is 12.4 Å². The van der Waals surface area contributed by atoms with Crippen molar-refractivity contribution >= 4 is 23.5 Å². The zero-order chi connectivity index (χ0) is 17.8. The van der Waals surface area contributed by atoms with Gasteiger partial charge in [0.2, 0.25) is 0 Å². The van der Waals surface area contributed by atoms with E-state index < -0.39 is 11.9 Å². The van der Waals surface area contributed by atoms with Crippen LogP contribution >= 0.6 is 11.6 Å². The van der Waals surface area contributed by atoms with Crippen LogP contribution in [0.5, 0.6) is 5.75 Å². The summed E-state index contributed by atoms with van der Waals surface area (Å²) in [5.41, 5.74) is 1.03. The second-order valence-corrected chi connectivity index (χ2v) is 5.19. The van der Waals surface area contributed by atoms with E-state index in [1.54, 1.807) is 0 Å². The first-order valence-corrected chi connectivity index (χ1v) is 7.19. The first kappa shape index (κ1) is 21.2. The predicted molar refractivity (Wildman–Crippen MR) is 86.3 cm³/mol. The van der Waals surface area contributed by atoms with E-state index >= 15 is 0 Å². The Bertz CT molecular complexity index is 495. The number of likely N-dealkylation sites (N-methyl/N-ethyl adjacent to an activating group) is 1. The third-order valence-electron chi connectivity index (χ3n) is 2.49. The smallest absolute Gasteiger partial charge is 0.414 e. The lowest BCUT2D eigenvalue weighted by atomic mass is 10.2. The molecule has 0 saturated heterocycles. The molecule has 0 spiro atoms. The lowest BCUT2D eigenvalue weighted by molar-refractivity contribution is -0.159. The van der Waals surface area contributed by atoms with Crippen LogP contribution in [0.25, 0.3) is 0 Å². The van der Waals surface area contributed by atoms with Gasteiger partial charge in [-0.2, -0.15) is 0 Å². The quantitative estimate of drug-likeness (QED) is 0.573. The molecule has 0 saturated carbocycles. The van der Waals surface area contributed by atoms with Crippen LogP contribution in [-0.2, 0) is 14.3 Å². The molecule has 1 aromatic rings. The number of ether oxygens (including phenoxy) is 2. The maximum atomic E-state index is 9.10. The Morgan fingerprint density at radius 3 is 2.22 bits per heavy atom. The van der Waals surface area contributed by atoms with Crippen molar-refractivity contribution in [2.45, 2.75) is 6.92 Å². The minimum Gasteiger partial charge on any atom is -0.491 e. The molecule has 2 N–H and O–H groups in total. The molecular weight excluding hydrogens is 326 g/mol. The van der Waals surface area contributed by atoms with Crippen LogP contribution in [0.15, 0.2) is 18.2 Å². The normalized spacial score (nSPS) is 9.96. The van der Waals surface area contributed by atoms with Gasteiger partial charge in [0, 0.05) is 11.6 Å². The fraction of sp³-hybridized carbons (Fsp3) is 0.467. The first-order valence-electron chi connectivity index (χ1n) is 6.81. The van der Waals surface area contributed by atoms with Crippen molar-refractivity contribution in [3.8, 4) is 5.75 Å². The van der Waals surface area contributed by atoms with E-state index in [1.807, 2.05) is 39.2 Å². The summed E-state index contributed by atoms with van der Waals surface area (Å²) < 4.78 is 11.0. The highest BCUT2D eigenvalue weighted by Gasteiger charge is 2.04. The van der Waals surface area contributed by atoms with Crippen molar-refractivity contribution in [2.75, 3.05) is 40.5 Å². The number of carboxylic acids is 2. The number of aryl methyl sites for hydroxylation is 1. The molecule has 0 unspecified atom stereocenters. The third-order valence-corrected chi connectivity index (χ3v) is 2.92. The first-order chi connectivity index (χ1) is 10.7. The van der Waals surface area contributed by atoms with E-state index in [0.717, 1.165) is 29.5 Å². The van der Waals surface area contributed by atoms with E-state index in [0.29, 0.717) is 13.2 Å². The second kappa shape index (κ2) is 11.7. The molecule has 0 bridgehead atoms. The fourth-order valence-corrected chi connectivity index (χ4v) is 1.39. The Labute approximate surface area is 140 Å². The van der Waals surface area contributed by atoms with Crippen LogP contribution in [0.1, 0.15) is 5.56 Å². The van der Waals surface area contributed by atoms with E-state index in [1.165, 1.54) is 0 Å². The number of hydrogen-bond acceptors (Lipinski definition) is 5. The Morgan fingerprint density at radius 1 is 1.13 bits per heavy atom. The molecule has 0 heterocycles. The summed E-state index contributed by atoms with van der Waals surface area (Å²) in [6.45, 7) is 4.79. The van der Waals surface area contributed by atoms with Crippen LogP contribution in [0.2, 0.25) is 5.02 Å². The highest BCUT2D eigenvalue weighted by Crippen LogP contribution is 2.20. The zero-order valence-corrected chi connectivity index (χ0v) is 14.2. The standard InChI is InChI=1S/C13H20ClNO2.C2H2O4/c1-11-10-12(4-5-13(11)14)17-9-8-16-7-6-15(2)3;3-1(4)2(5)6/h4-5,10H,6-9H2,1-3H3;(H,3,4)(H,5,6). The van der Waals surface area contributed by atoms with Crippen molar-refractivity contribution < 1.29 is 29.3 Å². The minimum atomic E-state index is -1.82. The predicted octanol–water partition coefficient (Wildman–Crippen LogP) is 1.76. The van der Waals surface area contributed by atoms with E-state index in [2.05, 4.69) is 4.90 Å². The minimum absolute atomic E-state index is 0.564. The van der Waals surface area contributed by atoms with Gasteiger partial charge in [0.25, 0.3) is 0 Å². The van der Waals surface area contributed by atoms with Gasteiger partial charge in [-0.15, -0.1) is 0 Å². The Balaban J connectivity index is 0.000000688. The van der Waals surface area contributed by atoms with E-state index in [9.17, 15) is 0 Å². The maximum Gasteiger partial charge on any atom is 0.414 e. The molecule has 0 radical (unpaired) electrons. The largest absolute Gasteiger partial charge is 0.491 e. The third kappa shape index (κ3) is 11.4. The van der Waals surface area contributed by atoms with Gasteiger partial charge in [-0.1, -0.05) is 11.6 Å². The highest BCUT2D eigenvalue weighted by molar-refractivity contribution is 6.31. The lowest BCUT2D eigenvalue weighted by Gasteiger charge is -2.11. The van der Waals surface area contributed by atoms with Crippen LogP contribution in [0, 0.1) is 6.92 Å². The molecule has 0 fully saturated rings. The number of carboxylic acid groups (broad SMARTS) is 2. The molecule has 1 aromatic carbocycles. The van der Waals surface area contributed by atoms with Gasteiger partial charge in [0.05, 0.1) is 13.2 Å². The number of benzene rings is 1. The van der Waals surface area contributed by atoms with Crippen LogP contribution in [-0.4, -0.2) is 67.5 Å². The summed E-state index contributed by atoms with van der Waals surface area (Å²) in [6, 6.07) is 5.65. The monoisotopic (exact) mass is 347 g/mol. The number of aliphatic carboxylic acids is 2. The molecule has 1 rings (SSSR count). The summed E-state index contributed by atoms with van der Waals surface area (Å²) in [4.78, 5) is 20.3. The van der Waals surface area contributed by atoms with Crippen molar-refractivity contribution in [1.29, 1.82) is 0 Å². The molecule has 130 valence electrons. The topological polar surface area (TPSA) is 96.3 Å². The molecule has 0 aliphatic rings. The molecule has 0 atom stereocenters. The maximum absolute atomic E-state index is 9.10. The SMILES string of the molecule is Cc1cc(OCCOCCN(C)C)ccc1Cl.O=C(O)C(=O)O. The van der Waals surface area contributed by atoms with Gasteiger partial charge < -0.3 is 24.6 Å². The number of rotatable bonds is 7. The molecule has 8 heteroatoms. The molecule has 0 amide bonds. The van der Waals surface area contributed by atoms with Gasteiger partial charge in [-0.05, 0) is 44.8 Å². The van der Waals surface area contributed by atoms with E-state index in [4.69, 9.17) is 40.9 Å².